The van der Waals surface area contributed by atoms with Crippen LogP contribution in [0.1, 0.15) is 12.8 Å². The second-order valence-electron chi connectivity index (χ2n) is 1.98. The van der Waals surface area contributed by atoms with Crippen LogP contribution in [-0.4, -0.2) is 44.9 Å². The first-order valence-electron chi connectivity index (χ1n) is 2.84. The number of rotatable bonds is 2. The second-order valence-corrected chi connectivity index (χ2v) is 3.28. The fourth-order valence-electron chi connectivity index (χ4n) is 0.807. The van der Waals surface area contributed by atoms with Gasteiger partial charge in [-0.25, -0.2) is 0 Å². The van der Waals surface area contributed by atoms with E-state index in [-0.39, 0.29) is 12.1 Å². The molecule has 1 heterocycles. The fourth-order valence-corrected chi connectivity index (χ4v) is 1.64. The van der Waals surface area contributed by atoms with Gasteiger partial charge in [-0.3, -0.25) is 0 Å². The Morgan fingerprint density at radius 3 is 3.11 bits per heavy atom. The molecule has 1 unspecified atom stereocenters. The molecule has 0 aliphatic carbocycles. The SMILES string of the molecule is O=C1CCC(C[O][Tl])O1. The molecule has 9 heavy (non-hydrogen) atoms. The van der Waals surface area contributed by atoms with Crippen molar-refractivity contribution in [2.24, 2.45) is 0 Å². The van der Waals surface area contributed by atoms with Gasteiger partial charge in [0.2, 0.25) is 0 Å². The Morgan fingerprint density at radius 1 is 1.89 bits per heavy atom. The van der Waals surface area contributed by atoms with Gasteiger partial charge in [-0.2, -0.15) is 0 Å². The van der Waals surface area contributed by atoms with Gasteiger partial charge in [-0.05, 0) is 0 Å². The van der Waals surface area contributed by atoms with Crippen molar-refractivity contribution in [3.05, 3.63) is 0 Å². The third-order valence-electron chi connectivity index (χ3n) is 1.25. The van der Waals surface area contributed by atoms with E-state index < -0.39 is 0 Å². The maximum atomic E-state index is 10.5. The van der Waals surface area contributed by atoms with Gasteiger partial charge in [-0.1, -0.05) is 0 Å². The summed E-state index contributed by atoms with van der Waals surface area (Å²) in [7, 11) is 0. The van der Waals surface area contributed by atoms with Crippen molar-refractivity contribution in [1.29, 1.82) is 0 Å². The number of carbonyl (C=O) groups excluding carboxylic acids is 1. The maximum absolute atomic E-state index is 10.5. The van der Waals surface area contributed by atoms with Gasteiger partial charge in [0.1, 0.15) is 0 Å². The minimum absolute atomic E-state index is 0.0579. The van der Waals surface area contributed by atoms with Crippen LogP contribution in [0, 0.1) is 0 Å². The van der Waals surface area contributed by atoms with E-state index in [1.165, 1.54) is 0 Å². The summed E-state index contributed by atoms with van der Waals surface area (Å²) >= 11 is 0.550. The van der Waals surface area contributed by atoms with Crippen LogP contribution in [0.4, 0.5) is 0 Å². The van der Waals surface area contributed by atoms with Gasteiger partial charge in [0.15, 0.2) is 0 Å². The Balaban J connectivity index is 2.22. The minimum atomic E-state index is -0.0814. The summed E-state index contributed by atoms with van der Waals surface area (Å²) in [5, 5.41) is 0. The van der Waals surface area contributed by atoms with Crippen LogP contribution in [0.25, 0.3) is 0 Å². The first-order chi connectivity index (χ1) is 4.33. The molecule has 0 radical (unpaired) electrons. The molecule has 4 heteroatoms. The van der Waals surface area contributed by atoms with E-state index in [0.717, 1.165) is 6.42 Å². The second kappa shape index (κ2) is 3.50. The first-order valence-corrected chi connectivity index (χ1v) is 4.67. The normalized spacial score (nSPS) is 26.1. The molecule has 1 fully saturated rings. The topological polar surface area (TPSA) is 35.5 Å². The van der Waals surface area contributed by atoms with E-state index in [1.807, 2.05) is 0 Å². The molecular formula is C5H7O3Tl. The Bertz CT molecular complexity index is 115. The van der Waals surface area contributed by atoms with Gasteiger partial charge in [0.05, 0.1) is 0 Å². The molecule has 0 spiro atoms. The molecule has 0 aromatic rings. The molecule has 0 amide bonds. The molecule has 0 bridgehead atoms. The predicted molar refractivity (Wildman–Crippen MR) is 30.8 cm³/mol. The number of cyclic esters (lactones) is 1. The van der Waals surface area contributed by atoms with Crippen molar-refractivity contribution in [3.8, 4) is 0 Å². The van der Waals surface area contributed by atoms with E-state index in [1.54, 1.807) is 0 Å². The Morgan fingerprint density at radius 2 is 2.67 bits per heavy atom. The summed E-state index contributed by atoms with van der Waals surface area (Å²) < 4.78 is 9.83. The third-order valence-corrected chi connectivity index (χ3v) is 2.00. The zero-order valence-corrected chi connectivity index (χ0v) is 9.49. The van der Waals surface area contributed by atoms with Crippen LogP contribution in [-0.2, 0) is 12.2 Å². The van der Waals surface area contributed by atoms with Crippen molar-refractivity contribution in [3.63, 3.8) is 0 Å². The molecule has 0 N–H and O–H groups in total. The molecule has 1 saturated heterocycles. The van der Waals surface area contributed by atoms with E-state index in [0.29, 0.717) is 39.2 Å². The molecule has 1 aliphatic rings. The first kappa shape index (κ1) is 7.46. The van der Waals surface area contributed by atoms with Crippen LogP contribution in [0.2, 0.25) is 0 Å². The summed E-state index contributed by atoms with van der Waals surface area (Å²) in [5.41, 5.74) is 0. The summed E-state index contributed by atoms with van der Waals surface area (Å²) in [4.78, 5) is 10.5. The van der Waals surface area contributed by atoms with Crippen LogP contribution in [0.5, 0.6) is 0 Å². The predicted octanol–water partition coefficient (Wildman–Crippen LogP) is -0.208. The standard InChI is InChI=1S/C5H7O3.Tl/c6-3-4-1-2-5(7)8-4;/h4H,1-3H2;/q-1;+1. The van der Waals surface area contributed by atoms with Crippen molar-refractivity contribution >= 4 is 32.2 Å². The number of ether oxygens (including phenoxy) is 1. The zero-order chi connectivity index (χ0) is 6.69. The van der Waals surface area contributed by atoms with Crippen LogP contribution in [0.3, 0.4) is 0 Å². The molecule has 1 atom stereocenters. The molecule has 3 nitrogen and oxygen atoms in total. The molecule has 48 valence electrons. The molecule has 1 rings (SSSR count). The van der Waals surface area contributed by atoms with Gasteiger partial charge in [0, 0.05) is 0 Å². The van der Waals surface area contributed by atoms with E-state index in [4.69, 9.17) is 7.42 Å². The third kappa shape index (κ3) is 2.21. The number of hydrogen-bond acceptors (Lipinski definition) is 3. The molecule has 0 aromatic heterocycles. The summed E-state index contributed by atoms with van der Waals surface area (Å²) in [6.45, 7) is 0.608. The summed E-state index contributed by atoms with van der Waals surface area (Å²) in [6.07, 6.45) is 1.46. The van der Waals surface area contributed by atoms with E-state index >= 15 is 0 Å². The van der Waals surface area contributed by atoms with E-state index in [2.05, 4.69) is 0 Å². The molecule has 0 saturated carbocycles. The van der Waals surface area contributed by atoms with Gasteiger partial charge >= 0.3 is 70.0 Å². The zero-order valence-electron chi connectivity index (χ0n) is 5.00. The quantitative estimate of drug-likeness (QED) is 0.522. The average molecular weight is 319 g/mol. The monoisotopic (exact) mass is 320 g/mol. The van der Waals surface area contributed by atoms with Crippen molar-refractivity contribution in [1.82, 2.24) is 0 Å². The Labute approximate surface area is 70.0 Å². The number of carbonyl (C=O) groups is 1. The summed E-state index contributed by atoms with van der Waals surface area (Å²) in [5.74, 6) is -0.0814. The van der Waals surface area contributed by atoms with Crippen LogP contribution in [0.15, 0.2) is 0 Å². The average Bonchev–Trinajstić information content (AvgIpc) is 2.17. The van der Waals surface area contributed by atoms with Gasteiger partial charge in [0.25, 0.3) is 0 Å². The Hall–Kier alpha value is 0.352. The fraction of sp³-hybridized carbons (Fsp3) is 0.800. The van der Waals surface area contributed by atoms with Gasteiger partial charge in [-0.15, -0.1) is 0 Å². The number of esters is 1. The number of hydrogen-bond donors (Lipinski definition) is 0. The van der Waals surface area contributed by atoms with Crippen molar-refractivity contribution < 1.29 is 12.2 Å². The summed E-state index contributed by atoms with van der Waals surface area (Å²) in [6, 6.07) is 0. The molecule has 0 aromatic carbocycles. The Kier molecular flexibility index (Phi) is 2.90. The molecule has 1 aliphatic heterocycles. The van der Waals surface area contributed by atoms with Gasteiger partial charge < -0.3 is 0 Å². The molecular weight excluding hydrogens is 312 g/mol. The van der Waals surface area contributed by atoms with Crippen molar-refractivity contribution in [2.75, 3.05) is 6.61 Å². The van der Waals surface area contributed by atoms with E-state index in [9.17, 15) is 4.79 Å². The van der Waals surface area contributed by atoms with Crippen LogP contribution < -0.4 is 0 Å². The van der Waals surface area contributed by atoms with Crippen LogP contribution >= 0.6 is 0 Å². The van der Waals surface area contributed by atoms with Crippen molar-refractivity contribution in [2.45, 2.75) is 18.9 Å².